The van der Waals surface area contributed by atoms with Crippen LogP contribution in [0.5, 0.6) is 5.75 Å². The van der Waals surface area contributed by atoms with Crippen LogP contribution in [0, 0.1) is 11.8 Å². The van der Waals surface area contributed by atoms with Gasteiger partial charge in [0.2, 0.25) is 5.91 Å². The van der Waals surface area contributed by atoms with E-state index in [4.69, 9.17) is 4.74 Å². The summed E-state index contributed by atoms with van der Waals surface area (Å²) in [6.45, 7) is 4.04. The van der Waals surface area contributed by atoms with Gasteiger partial charge in [0.1, 0.15) is 5.75 Å². The zero-order valence-corrected chi connectivity index (χ0v) is 16.9. The fourth-order valence-electron chi connectivity index (χ4n) is 4.18. The highest BCUT2D eigenvalue weighted by atomic mass is 16.5. The summed E-state index contributed by atoms with van der Waals surface area (Å²) in [5.41, 5.74) is 1.26. The maximum atomic E-state index is 13.2. The van der Waals surface area contributed by atoms with E-state index >= 15 is 0 Å². The molecular formula is C23H34N2O2. The van der Waals surface area contributed by atoms with E-state index in [0.29, 0.717) is 11.8 Å². The lowest BCUT2D eigenvalue weighted by Crippen LogP contribution is -2.43. The quantitative estimate of drug-likeness (QED) is 0.685. The van der Waals surface area contributed by atoms with E-state index in [-0.39, 0.29) is 5.92 Å². The third kappa shape index (κ3) is 5.83. The number of ether oxygens (including phenoxy) is 1. The summed E-state index contributed by atoms with van der Waals surface area (Å²) in [6, 6.07) is 8.23. The number of nitrogens with zero attached hydrogens (tertiary/aromatic N) is 2. The molecule has 1 unspecified atom stereocenters. The van der Waals surface area contributed by atoms with Crippen LogP contribution in [-0.2, 0) is 11.2 Å². The molecule has 0 N–H and O–H groups in total. The second-order valence-electron chi connectivity index (χ2n) is 8.11. The van der Waals surface area contributed by atoms with Gasteiger partial charge in [-0.3, -0.25) is 4.79 Å². The average Bonchev–Trinajstić information content (AvgIpc) is 2.73. The van der Waals surface area contributed by atoms with Gasteiger partial charge in [-0.05, 0) is 82.3 Å². The molecule has 0 aromatic heterocycles. The zero-order valence-electron chi connectivity index (χ0n) is 16.9. The molecule has 0 radical (unpaired) electrons. The van der Waals surface area contributed by atoms with Crippen molar-refractivity contribution in [3.8, 4) is 5.75 Å². The van der Waals surface area contributed by atoms with Crippen LogP contribution < -0.4 is 4.74 Å². The molecule has 1 heterocycles. The summed E-state index contributed by atoms with van der Waals surface area (Å²) in [5.74, 6) is 2.07. The van der Waals surface area contributed by atoms with Crippen molar-refractivity contribution in [1.29, 1.82) is 0 Å². The van der Waals surface area contributed by atoms with Crippen LogP contribution in [0.3, 0.4) is 0 Å². The number of hydrogen-bond acceptors (Lipinski definition) is 3. The predicted molar refractivity (Wildman–Crippen MR) is 110 cm³/mol. The summed E-state index contributed by atoms with van der Waals surface area (Å²) < 4.78 is 5.25. The van der Waals surface area contributed by atoms with Gasteiger partial charge in [0.05, 0.1) is 7.11 Å². The molecule has 3 rings (SSSR count). The Bertz CT molecular complexity index is 618. The summed E-state index contributed by atoms with van der Waals surface area (Å²) >= 11 is 0. The van der Waals surface area contributed by atoms with Crippen molar-refractivity contribution >= 4 is 5.91 Å². The number of hydrogen-bond donors (Lipinski definition) is 0. The Hall–Kier alpha value is -1.81. The van der Waals surface area contributed by atoms with Crippen molar-refractivity contribution in [3.63, 3.8) is 0 Å². The molecule has 1 aromatic rings. The lowest BCUT2D eigenvalue weighted by atomic mass is 9.91. The highest BCUT2D eigenvalue weighted by Crippen LogP contribution is 2.24. The van der Waals surface area contributed by atoms with Crippen molar-refractivity contribution in [3.05, 3.63) is 42.0 Å². The Labute approximate surface area is 164 Å². The molecule has 4 nitrogen and oxygen atoms in total. The number of benzene rings is 1. The molecule has 0 bridgehead atoms. The number of carbonyl (C=O) groups is 1. The monoisotopic (exact) mass is 370 g/mol. The lowest BCUT2D eigenvalue weighted by Gasteiger charge is -2.35. The van der Waals surface area contributed by atoms with Gasteiger partial charge in [-0.1, -0.05) is 24.3 Å². The van der Waals surface area contributed by atoms with Gasteiger partial charge in [-0.15, -0.1) is 0 Å². The minimum Gasteiger partial charge on any atom is -0.497 e. The highest BCUT2D eigenvalue weighted by molar-refractivity contribution is 5.79. The first kappa shape index (κ1) is 19.9. The molecule has 1 fully saturated rings. The first-order chi connectivity index (χ1) is 13.2. The Morgan fingerprint density at radius 1 is 1.15 bits per heavy atom. The van der Waals surface area contributed by atoms with Gasteiger partial charge in [0.15, 0.2) is 0 Å². The van der Waals surface area contributed by atoms with Crippen LogP contribution >= 0.6 is 0 Å². The molecule has 148 valence electrons. The van der Waals surface area contributed by atoms with Gasteiger partial charge in [-0.2, -0.15) is 0 Å². The Morgan fingerprint density at radius 3 is 2.52 bits per heavy atom. The topological polar surface area (TPSA) is 32.8 Å². The number of rotatable bonds is 7. The number of likely N-dealkylation sites (tertiary alicyclic amines) is 1. The standard InChI is InChI=1S/C23H34N2O2/c1-24-15-12-20(13-16-24)18-25(23(26)21-6-4-3-5-7-21)17-14-19-8-10-22(27-2)11-9-19/h3-4,8-11,20-21H,5-7,12-18H2,1-2H3. The van der Waals surface area contributed by atoms with Crippen molar-refractivity contribution < 1.29 is 9.53 Å². The van der Waals surface area contributed by atoms with Crippen LogP contribution in [-0.4, -0.2) is 56.0 Å². The molecule has 1 saturated heterocycles. The molecular weight excluding hydrogens is 336 g/mol. The predicted octanol–water partition coefficient (Wildman–Crippen LogP) is 3.76. The molecule has 27 heavy (non-hydrogen) atoms. The van der Waals surface area contributed by atoms with E-state index in [1.165, 1.54) is 18.4 Å². The number of amides is 1. The van der Waals surface area contributed by atoms with E-state index in [1.807, 2.05) is 12.1 Å². The maximum Gasteiger partial charge on any atom is 0.226 e. The Morgan fingerprint density at radius 2 is 1.89 bits per heavy atom. The molecule has 1 amide bonds. The van der Waals surface area contributed by atoms with Crippen LogP contribution in [0.15, 0.2) is 36.4 Å². The van der Waals surface area contributed by atoms with Crippen molar-refractivity contribution in [2.75, 3.05) is 40.3 Å². The van der Waals surface area contributed by atoms with E-state index in [2.05, 4.69) is 41.1 Å². The van der Waals surface area contributed by atoms with Gasteiger partial charge >= 0.3 is 0 Å². The summed E-state index contributed by atoms with van der Waals surface area (Å²) in [6.07, 6.45) is 10.7. The van der Waals surface area contributed by atoms with Gasteiger partial charge in [-0.25, -0.2) is 0 Å². The van der Waals surface area contributed by atoms with Crippen LogP contribution in [0.25, 0.3) is 0 Å². The SMILES string of the molecule is COc1ccc(CCN(CC2CCN(C)CC2)C(=O)C2CC=CCC2)cc1. The first-order valence-electron chi connectivity index (χ1n) is 10.4. The third-order valence-corrected chi connectivity index (χ3v) is 6.08. The number of carbonyl (C=O) groups excluding carboxylic acids is 1. The summed E-state index contributed by atoms with van der Waals surface area (Å²) in [4.78, 5) is 17.8. The van der Waals surface area contributed by atoms with Crippen molar-refractivity contribution in [2.45, 2.75) is 38.5 Å². The second-order valence-corrected chi connectivity index (χ2v) is 8.11. The van der Waals surface area contributed by atoms with Crippen LogP contribution in [0.4, 0.5) is 0 Å². The number of allylic oxidation sites excluding steroid dienone is 2. The number of methoxy groups -OCH3 is 1. The van der Waals surface area contributed by atoms with E-state index in [1.54, 1.807) is 7.11 Å². The molecule has 1 aliphatic carbocycles. The summed E-state index contributed by atoms with van der Waals surface area (Å²) in [7, 11) is 3.88. The lowest BCUT2D eigenvalue weighted by molar-refractivity contribution is -0.136. The average molecular weight is 371 g/mol. The molecule has 2 aliphatic rings. The van der Waals surface area contributed by atoms with Crippen LogP contribution in [0.1, 0.15) is 37.7 Å². The van der Waals surface area contributed by atoms with Crippen molar-refractivity contribution in [1.82, 2.24) is 9.80 Å². The first-order valence-corrected chi connectivity index (χ1v) is 10.4. The number of piperidine rings is 1. The second kappa shape index (κ2) is 9.93. The zero-order chi connectivity index (χ0) is 19.1. The minimum atomic E-state index is 0.178. The molecule has 4 heteroatoms. The molecule has 1 atom stereocenters. The van der Waals surface area contributed by atoms with E-state index in [9.17, 15) is 4.79 Å². The third-order valence-electron chi connectivity index (χ3n) is 6.08. The highest BCUT2D eigenvalue weighted by Gasteiger charge is 2.27. The van der Waals surface area contributed by atoms with Gasteiger partial charge in [0.25, 0.3) is 0 Å². The normalized spacial score (nSPS) is 21.2. The minimum absolute atomic E-state index is 0.178. The smallest absolute Gasteiger partial charge is 0.226 e. The van der Waals surface area contributed by atoms with E-state index < -0.39 is 0 Å². The largest absolute Gasteiger partial charge is 0.497 e. The maximum absolute atomic E-state index is 13.2. The fraction of sp³-hybridized carbons (Fsp3) is 0.609. The summed E-state index contributed by atoms with van der Waals surface area (Å²) in [5, 5.41) is 0. The molecule has 1 aliphatic heterocycles. The fourth-order valence-corrected chi connectivity index (χ4v) is 4.18. The molecule has 0 saturated carbocycles. The van der Waals surface area contributed by atoms with Gasteiger partial charge < -0.3 is 14.5 Å². The van der Waals surface area contributed by atoms with Gasteiger partial charge in [0, 0.05) is 19.0 Å². The van der Waals surface area contributed by atoms with E-state index in [0.717, 1.165) is 57.6 Å². The molecule has 0 spiro atoms. The van der Waals surface area contributed by atoms with Crippen molar-refractivity contribution in [2.24, 2.45) is 11.8 Å². The van der Waals surface area contributed by atoms with Crippen LogP contribution in [0.2, 0.25) is 0 Å². The Kier molecular flexibility index (Phi) is 7.33. The molecule has 1 aromatic carbocycles. The Balaban J connectivity index is 1.62.